The molecule has 1 aromatic rings. The average molecular weight is 210 g/mol. The third kappa shape index (κ3) is 1.98. The Hall–Kier alpha value is -1.85. The summed E-state index contributed by atoms with van der Waals surface area (Å²) in [5.74, 6) is -1.64. The minimum Gasteiger partial charge on any atom is -0.481 e. The van der Waals surface area contributed by atoms with Crippen molar-refractivity contribution in [3.8, 4) is 0 Å². The molecular weight excluding hydrogens is 200 g/mol. The summed E-state index contributed by atoms with van der Waals surface area (Å²) in [7, 11) is 0. The van der Waals surface area contributed by atoms with E-state index < -0.39 is 11.9 Å². The van der Waals surface area contributed by atoms with E-state index in [0.29, 0.717) is 6.54 Å². The summed E-state index contributed by atoms with van der Waals surface area (Å²) in [6.07, 6.45) is 3.05. The van der Waals surface area contributed by atoms with Gasteiger partial charge in [-0.2, -0.15) is 0 Å². The lowest BCUT2D eigenvalue weighted by Crippen LogP contribution is -2.25. The van der Waals surface area contributed by atoms with Crippen molar-refractivity contribution >= 4 is 11.9 Å². The first-order valence-electron chi connectivity index (χ1n) is 4.55. The first-order chi connectivity index (χ1) is 7.16. The molecule has 1 unspecified atom stereocenters. The maximum atomic E-state index is 11.4. The van der Waals surface area contributed by atoms with E-state index in [1.54, 1.807) is 0 Å². The van der Waals surface area contributed by atoms with Gasteiger partial charge in [0, 0.05) is 18.5 Å². The van der Waals surface area contributed by atoms with Crippen molar-refractivity contribution in [2.75, 3.05) is 6.54 Å². The molecule has 0 aliphatic carbocycles. The molecule has 0 bridgehead atoms. The lowest BCUT2D eigenvalue weighted by molar-refractivity contribution is -0.141. The summed E-state index contributed by atoms with van der Waals surface area (Å²) in [6, 6.07) is 0. The summed E-state index contributed by atoms with van der Waals surface area (Å²) in [5, 5.41) is 12.3. The number of hydrogen-bond acceptors (Lipinski definition) is 4. The van der Waals surface area contributed by atoms with Crippen LogP contribution < -0.4 is 0 Å². The van der Waals surface area contributed by atoms with Crippen LogP contribution in [0.4, 0.5) is 0 Å². The van der Waals surface area contributed by atoms with E-state index in [4.69, 9.17) is 5.11 Å². The largest absolute Gasteiger partial charge is 0.481 e. The number of likely N-dealkylation sites (tertiary alicyclic amines) is 1. The molecule has 0 spiro atoms. The maximum Gasteiger partial charge on any atom is 0.308 e. The summed E-state index contributed by atoms with van der Waals surface area (Å²) in [4.78, 5) is 23.6. The number of carboxylic acid groups (broad SMARTS) is 1. The summed E-state index contributed by atoms with van der Waals surface area (Å²) in [5.41, 5.74) is 0.773. The molecule has 1 aliphatic heterocycles. The molecule has 2 heterocycles. The molecule has 1 aromatic heterocycles. The third-order valence-electron chi connectivity index (χ3n) is 2.42. The van der Waals surface area contributed by atoms with Crippen LogP contribution >= 0.6 is 0 Å². The van der Waals surface area contributed by atoms with E-state index in [9.17, 15) is 9.59 Å². The van der Waals surface area contributed by atoms with Gasteiger partial charge in [-0.3, -0.25) is 9.59 Å². The molecule has 0 radical (unpaired) electrons. The number of amides is 1. The minimum atomic E-state index is -0.920. The zero-order chi connectivity index (χ0) is 10.8. The Morgan fingerprint density at radius 2 is 2.53 bits per heavy atom. The minimum absolute atomic E-state index is 0.0839. The molecule has 80 valence electrons. The average Bonchev–Trinajstić information content (AvgIpc) is 2.77. The molecule has 0 aromatic carbocycles. The lowest BCUT2D eigenvalue weighted by Gasteiger charge is -2.13. The molecule has 6 nitrogen and oxygen atoms in total. The fourth-order valence-corrected chi connectivity index (χ4v) is 1.62. The van der Waals surface area contributed by atoms with Gasteiger partial charge in [0.2, 0.25) is 5.91 Å². The van der Waals surface area contributed by atoms with Crippen LogP contribution in [0.1, 0.15) is 12.0 Å². The SMILES string of the molecule is O=C(O)C1CC(=O)N(Cc2cnoc2)C1. The predicted molar refractivity (Wildman–Crippen MR) is 47.7 cm³/mol. The fourth-order valence-electron chi connectivity index (χ4n) is 1.62. The van der Waals surface area contributed by atoms with Crippen LogP contribution in [0.3, 0.4) is 0 Å². The Kier molecular flexibility index (Phi) is 2.40. The van der Waals surface area contributed by atoms with Gasteiger partial charge >= 0.3 is 5.97 Å². The summed E-state index contributed by atoms with van der Waals surface area (Å²) in [6.45, 7) is 0.630. The number of carbonyl (C=O) groups excluding carboxylic acids is 1. The van der Waals surface area contributed by atoms with Gasteiger partial charge in [-0.05, 0) is 0 Å². The quantitative estimate of drug-likeness (QED) is 0.765. The second-order valence-electron chi connectivity index (χ2n) is 3.55. The van der Waals surface area contributed by atoms with E-state index >= 15 is 0 Å². The van der Waals surface area contributed by atoms with Crippen LogP contribution in [-0.2, 0) is 16.1 Å². The van der Waals surface area contributed by atoms with Gasteiger partial charge in [0.25, 0.3) is 0 Å². The topological polar surface area (TPSA) is 83.6 Å². The molecular formula is C9H10N2O4. The highest BCUT2D eigenvalue weighted by atomic mass is 16.5. The van der Waals surface area contributed by atoms with Crippen LogP contribution in [0.15, 0.2) is 17.0 Å². The van der Waals surface area contributed by atoms with Gasteiger partial charge in [0.1, 0.15) is 6.26 Å². The first kappa shape index (κ1) is 9.70. The van der Waals surface area contributed by atoms with Crippen LogP contribution in [0.25, 0.3) is 0 Å². The summed E-state index contributed by atoms with van der Waals surface area (Å²) >= 11 is 0. The van der Waals surface area contributed by atoms with E-state index in [2.05, 4.69) is 9.68 Å². The zero-order valence-electron chi connectivity index (χ0n) is 7.92. The Balaban J connectivity index is 2.00. The second-order valence-corrected chi connectivity index (χ2v) is 3.55. The van der Waals surface area contributed by atoms with Crippen molar-refractivity contribution in [3.05, 3.63) is 18.0 Å². The van der Waals surface area contributed by atoms with Crippen molar-refractivity contribution in [1.82, 2.24) is 10.1 Å². The van der Waals surface area contributed by atoms with Gasteiger partial charge in [-0.15, -0.1) is 0 Å². The molecule has 15 heavy (non-hydrogen) atoms. The summed E-state index contributed by atoms with van der Waals surface area (Å²) < 4.78 is 4.63. The second kappa shape index (κ2) is 3.72. The number of rotatable bonds is 3. The standard InChI is InChI=1S/C9H10N2O4/c12-8-1-7(9(13)14)4-11(8)3-6-2-10-15-5-6/h2,5,7H,1,3-4H2,(H,13,14). The molecule has 1 amide bonds. The number of carboxylic acids is 1. The van der Waals surface area contributed by atoms with Crippen molar-refractivity contribution in [2.24, 2.45) is 5.92 Å². The molecule has 1 N–H and O–H groups in total. The van der Waals surface area contributed by atoms with Gasteiger partial charge in [0.05, 0.1) is 18.7 Å². The zero-order valence-corrected chi connectivity index (χ0v) is 7.92. The molecule has 1 aliphatic rings. The Morgan fingerprint density at radius 3 is 3.07 bits per heavy atom. The number of aromatic nitrogens is 1. The molecule has 1 fully saturated rings. The van der Waals surface area contributed by atoms with E-state index in [1.807, 2.05) is 0 Å². The molecule has 1 atom stereocenters. The number of aliphatic carboxylic acids is 1. The lowest BCUT2D eigenvalue weighted by atomic mass is 10.1. The number of carbonyl (C=O) groups is 2. The van der Waals surface area contributed by atoms with E-state index in [1.165, 1.54) is 17.4 Å². The van der Waals surface area contributed by atoms with Crippen LogP contribution in [0.5, 0.6) is 0 Å². The van der Waals surface area contributed by atoms with Gasteiger partial charge < -0.3 is 14.5 Å². The number of hydrogen-bond donors (Lipinski definition) is 1. The van der Waals surface area contributed by atoms with Gasteiger partial charge in [0.15, 0.2) is 0 Å². The maximum absolute atomic E-state index is 11.4. The Bertz CT molecular complexity index is 373. The predicted octanol–water partition coefficient (Wildman–Crippen LogP) is 0.108. The van der Waals surface area contributed by atoms with Crippen molar-refractivity contribution < 1.29 is 19.2 Å². The third-order valence-corrected chi connectivity index (χ3v) is 2.42. The van der Waals surface area contributed by atoms with Crippen molar-refractivity contribution in [2.45, 2.75) is 13.0 Å². The molecule has 0 saturated carbocycles. The fraction of sp³-hybridized carbons (Fsp3) is 0.444. The van der Waals surface area contributed by atoms with Crippen molar-refractivity contribution in [1.29, 1.82) is 0 Å². The molecule has 1 saturated heterocycles. The smallest absolute Gasteiger partial charge is 0.308 e. The highest BCUT2D eigenvalue weighted by Crippen LogP contribution is 2.19. The first-order valence-corrected chi connectivity index (χ1v) is 4.55. The molecule has 6 heteroatoms. The highest BCUT2D eigenvalue weighted by Gasteiger charge is 2.34. The monoisotopic (exact) mass is 210 g/mol. The molecule has 2 rings (SSSR count). The van der Waals surface area contributed by atoms with Crippen molar-refractivity contribution in [3.63, 3.8) is 0 Å². The normalized spacial score (nSPS) is 20.9. The Labute approximate surface area is 85.5 Å². The number of nitrogens with zero attached hydrogens (tertiary/aromatic N) is 2. The van der Waals surface area contributed by atoms with Crippen LogP contribution in [0.2, 0.25) is 0 Å². The van der Waals surface area contributed by atoms with E-state index in [-0.39, 0.29) is 18.9 Å². The van der Waals surface area contributed by atoms with Gasteiger partial charge in [-0.25, -0.2) is 0 Å². The highest BCUT2D eigenvalue weighted by molar-refractivity contribution is 5.86. The van der Waals surface area contributed by atoms with Crippen LogP contribution in [0, 0.1) is 5.92 Å². The van der Waals surface area contributed by atoms with Gasteiger partial charge in [-0.1, -0.05) is 5.16 Å². The Morgan fingerprint density at radius 1 is 1.73 bits per heavy atom. The van der Waals surface area contributed by atoms with E-state index in [0.717, 1.165) is 5.56 Å². The van der Waals surface area contributed by atoms with Crippen LogP contribution in [-0.4, -0.2) is 33.6 Å².